The fourth-order valence-electron chi connectivity index (χ4n) is 5.38. The summed E-state index contributed by atoms with van der Waals surface area (Å²) in [6.07, 6.45) is 5.47. The van der Waals surface area contributed by atoms with Crippen molar-refractivity contribution < 1.29 is 23.8 Å². The zero-order valence-electron chi connectivity index (χ0n) is 25.7. The Bertz CT molecular complexity index is 2420. The number of pyridine rings is 4. The third-order valence-corrected chi connectivity index (χ3v) is 8.02. The topological polar surface area (TPSA) is 145 Å². The normalized spacial score (nSPS) is 13.1. The van der Waals surface area contributed by atoms with Gasteiger partial charge in [0.15, 0.2) is 22.9 Å². The van der Waals surface area contributed by atoms with Gasteiger partial charge >= 0.3 is 0 Å². The lowest BCUT2D eigenvalue weighted by Gasteiger charge is -2.23. The van der Waals surface area contributed by atoms with Crippen molar-refractivity contribution >= 4 is 33.6 Å². The van der Waals surface area contributed by atoms with E-state index in [2.05, 4.69) is 19.9 Å². The summed E-state index contributed by atoms with van der Waals surface area (Å²) in [5, 5.41) is 11.4. The number of Topliss-reactive ketones (excluding diaryl/α,β-unsaturated/α-hetero) is 2. The number of fused-ring (bicyclic) bond motifs is 4. The second-order valence-corrected chi connectivity index (χ2v) is 11.1. The van der Waals surface area contributed by atoms with Crippen molar-refractivity contribution in [1.82, 2.24) is 19.9 Å². The fraction of sp³-hybridized carbons (Fsp3) is 0.0789. The molecule has 0 aliphatic carbocycles. The van der Waals surface area contributed by atoms with E-state index in [0.717, 1.165) is 11.1 Å². The Labute approximate surface area is 273 Å². The molecule has 10 heteroatoms. The standard InChI is InChI=1S/C19H14N2O3.C19H12N2O3/c2*1-11(22)12-2-4-13(5-3-12)16-7-6-15-18(23)14-8-9-20-10-17(14)24-19(15)21-16/h2-10,18,23H,1H3;2-10H,1H3. The Kier molecular flexibility index (Phi) is 7.84. The number of nitrogens with zero attached hydrogens (tertiary/aromatic N) is 4. The molecule has 1 N–H and O–H groups in total. The van der Waals surface area contributed by atoms with Gasteiger partial charge in [-0.3, -0.25) is 24.4 Å². The molecule has 1 unspecified atom stereocenters. The summed E-state index contributed by atoms with van der Waals surface area (Å²) in [7, 11) is 0. The van der Waals surface area contributed by atoms with Crippen molar-refractivity contribution in [1.29, 1.82) is 0 Å². The number of carbonyl (C=O) groups is 2. The van der Waals surface area contributed by atoms with Crippen molar-refractivity contribution in [2.45, 2.75) is 20.0 Å². The molecular weight excluding hydrogens is 608 g/mol. The first-order chi connectivity index (χ1) is 23.3. The van der Waals surface area contributed by atoms with E-state index in [4.69, 9.17) is 9.15 Å². The van der Waals surface area contributed by atoms with E-state index >= 15 is 0 Å². The van der Waals surface area contributed by atoms with Crippen molar-refractivity contribution in [2.24, 2.45) is 0 Å². The summed E-state index contributed by atoms with van der Waals surface area (Å²) >= 11 is 0. The second kappa shape index (κ2) is 12.4. The maximum absolute atomic E-state index is 12.5. The van der Waals surface area contributed by atoms with Crippen molar-refractivity contribution in [2.75, 3.05) is 0 Å². The van der Waals surface area contributed by atoms with Crippen LogP contribution in [0, 0.1) is 0 Å². The number of aliphatic hydroxyl groups excluding tert-OH is 1. The zero-order chi connectivity index (χ0) is 33.4. The quantitative estimate of drug-likeness (QED) is 0.157. The van der Waals surface area contributed by atoms with E-state index in [1.807, 2.05) is 36.4 Å². The molecule has 0 spiro atoms. The highest BCUT2D eigenvalue weighted by Gasteiger charge is 2.27. The Balaban J connectivity index is 0.000000152. The average molecular weight is 635 g/mol. The van der Waals surface area contributed by atoms with Crippen LogP contribution in [0.25, 0.3) is 44.6 Å². The number of ether oxygens (including phenoxy) is 1. The molecule has 7 aromatic rings. The van der Waals surface area contributed by atoms with E-state index in [-0.39, 0.29) is 22.7 Å². The van der Waals surface area contributed by atoms with Crippen molar-refractivity contribution in [3.63, 3.8) is 0 Å². The van der Waals surface area contributed by atoms with Crippen LogP contribution in [0.1, 0.15) is 51.8 Å². The van der Waals surface area contributed by atoms with Crippen LogP contribution < -0.4 is 10.2 Å². The highest BCUT2D eigenvalue weighted by molar-refractivity contribution is 5.95. The summed E-state index contributed by atoms with van der Waals surface area (Å²) < 4.78 is 11.5. The molecular formula is C38H26N4O6. The van der Waals surface area contributed by atoms with Crippen LogP contribution in [-0.4, -0.2) is 36.6 Å². The minimum absolute atomic E-state index is 0.0120. The summed E-state index contributed by atoms with van der Waals surface area (Å²) in [6, 6.07) is 24.9. The summed E-state index contributed by atoms with van der Waals surface area (Å²) in [6.45, 7) is 3.06. The van der Waals surface area contributed by atoms with Gasteiger partial charge in [-0.15, -0.1) is 0 Å². The van der Waals surface area contributed by atoms with Crippen molar-refractivity contribution in [3.05, 3.63) is 142 Å². The van der Waals surface area contributed by atoms with Gasteiger partial charge < -0.3 is 14.3 Å². The molecule has 8 rings (SSSR count). The number of aromatic nitrogens is 4. The van der Waals surface area contributed by atoms with Crippen LogP contribution in [0.3, 0.4) is 0 Å². The molecule has 0 amide bonds. The van der Waals surface area contributed by atoms with Crippen LogP contribution >= 0.6 is 0 Å². The third-order valence-electron chi connectivity index (χ3n) is 8.02. The lowest BCUT2D eigenvalue weighted by Crippen LogP contribution is -2.11. The number of rotatable bonds is 4. The molecule has 0 bridgehead atoms. The van der Waals surface area contributed by atoms with Crippen LogP contribution in [0.4, 0.5) is 0 Å². The molecule has 1 atom stereocenters. The first-order valence-corrected chi connectivity index (χ1v) is 15.0. The lowest BCUT2D eigenvalue weighted by molar-refractivity contribution is 0.100. The first-order valence-electron chi connectivity index (χ1n) is 15.0. The molecule has 0 saturated heterocycles. The fourth-order valence-corrected chi connectivity index (χ4v) is 5.38. The zero-order valence-corrected chi connectivity index (χ0v) is 25.7. The molecule has 0 fully saturated rings. The smallest absolute Gasteiger partial charge is 0.231 e. The van der Waals surface area contributed by atoms with E-state index < -0.39 is 6.10 Å². The Morgan fingerprint density at radius 3 is 1.94 bits per heavy atom. The second-order valence-electron chi connectivity index (χ2n) is 11.1. The monoisotopic (exact) mass is 634 g/mol. The van der Waals surface area contributed by atoms with Crippen LogP contribution in [-0.2, 0) is 0 Å². The maximum Gasteiger partial charge on any atom is 0.231 e. The van der Waals surface area contributed by atoms with Gasteiger partial charge in [-0.25, -0.2) is 9.97 Å². The van der Waals surface area contributed by atoms with Gasteiger partial charge in [0, 0.05) is 45.8 Å². The van der Waals surface area contributed by atoms with Crippen LogP contribution in [0.5, 0.6) is 11.6 Å². The molecule has 1 aliphatic rings. The van der Waals surface area contributed by atoms with E-state index in [0.29, 0.717) is 61.6 Å². The van der Waals surface area contributed by atoms with E-state index in [1.54, 1.807) is 67.1 Å². The van der Waals surface area contributed by atoms with Crippen molar-refractivity contribution in [3.8, 4) is 34.1 Å². The maximum atomic E-state index is 12.5. The van der Waals surface area contributed by atoms with E-state index in [1.165, 1.54) is 20.0 Å². The number of carbonyl (C=O) groups excluding carboxylic acids is 2. The number of hydrogen-bond acceptors (Lipinski definition) is 10. The van der Waals surface area contributed by atoms with Crippen LogP contribution in [0.15, 0.2) is 119 Å². The third kappa shape index (κ3) is 5.72. The molecule has 0 saturated carbocycles. The SMILES string of the molecule is CC(=O)c1ccc(-c2ccc3c(=O)c4ccncc4oc3n2)cc1.CC(=O)c1ccc(-c2ccc3c(n2)Oc2cnccc2C3O)cc1. The Morgan fingerprint density at radius 2 is 1.27 bits per heavy atom. The summed E-state index contributed by atoms with van der Waals surface area (Å²) in [5.41, 5.74) is 6.25. The number of aliphatic hydroxyl groups is 1. The predicted molar refractivity (Wildman–Crippen MR) is 179 cm³/mol. The molecule has 1 aliphatic heterocycles. The highest BCUT2D eigenvalue weighted by Crippen LogP contribution is 2.42. The minimum atomic E-state index is -0.784. The molecule has 10 nitrogen and oxygen atoms in total. The van der Waals surface area contributed by atoms with Gasteiger partial charge in [0.25, 0.3) is 0 Å². The van der Waals surface area contributed by atoms with Gasteiger partial charge in [0.2, 0.25) is 17.0 Å². The van der Waals surface area contributed by atoms with Gasteiger partial charge in [0.1, 0.15) is 6.10 Å². The molecule has 0 radical (unpaired) electrons. The number of hydrogen-bond donors (Lipinski definition) is 1. The molecule has 234 valence electrons. The van der Waals surface area contributed by atoms with Gasteiger partial charge in [-0.1, -0.05) is 48.5 Å². The summed E-state index contributed by atoms with van der Waals surface area (Å²) in [5.74, 6) is 0.915. The molecule has 5 aromatic heterocycles. The predicted octanol–water partition coefficient (Wildman–Crippen LogP) is 7.14. The van der Waals surface area contributed by atoms with Crippen LogP contribution in [0.2, 0.25) is 0 Å². The number of ketones is 2. The Morgan fingerprint density at radius 1 is 0.667 bits per heavy atom. The van der Waals surface area contributed by atoms with Gasteiger partial charge in [-0.2, -0.15) is 0 Å². The largest absolute Gasteiger partial charge is 0.437 e. The average Bonchev–Trinajstić information content (AvgIpc) is 3.12. The number of benzene rings is 2. The van der Waals surface area contributed by atoms with Gasteiger partial charge in [0.05, 0.1) is 34.6 Å². The highest BCUT2D eigenvalue weighted by atomic mass is 16.5. The molecule has 6 heterocycles. The lowest BCUT2D eigenvalue weighted by atomic mass is 9.99. The first kappa shape index (κ1) is 30.3. The molecule has 2 aromatic carbocycles. The Hall–Kier alpha value is -6.39. The molecule has 48 heavy (non-hydrogen) atoms. The van der Waals surface area contributed by atoms with Gasteiger partial charge in [-0.05, 0) is 50.2 Å². The minimum Gasteiger partial charge on any atom is -0.437 e. The van der Waals surface area contributed by atoms with E-state index in [9.17, 15) is 19.5 Å². The summed E-state index contributed by atoms with van der Waals surface area (Å²) in [4.78, 5) is 52.2.